The quantitative estimate of drug-likeness (QED) is 0.714. The second-order valence-electron chi connectivity index (χ2n) is 6.30. The lowest BCUT2D eigenvalue weighted by molar-refractivity contribution is -0.137. The predicted molar refractivity (Wildman–Crippen MR) is 96.0 cm³/mol. The van der Waals surface area contributed by atoms with Gasteiger partial charge in [0.05, 0.1) is 17.8 Å². The minimum atomic E-state index is -0.892. The average molecular weight is 345 g/mol. The summed E-state index contributed by atoms with van der Waals surface area (Å²) in [6.45, 7) is 6.00. The van der Waals surface area contributed by atoms with E-state index in [1.165, 1.54) is 0 Å². The van der Waals surface area contributed by atoms with E-state index in [0.29, 0.717) is 30.0 Å². The van der Waals surface area contributed by atoms with Crippen molar-refractivity contribution >= 4 is 28.6 Å². The Bertz CT molecular complexity index is 774. The van der Waals surface area contributed by atoms with Gasteiger partial charge in [0.25, 0.3) is 0 Å². The van der Waals surface area contributed by atoms with Crippen molar-refractivity contribution in [2.24, 2.45) is 0 Å². The molecule has 2 rings (SSSR count). The van der Waals surface area contributed by atoms with Crippen LogP contribution in [0.2, 0.25) is 0 Å². The van der Waals surface area contributed by atoms with Crippen LogP contribution in [-0.4, -0.2) is 34.2 Å². The van der Waals surface area contributed by atoms with Gasteiger partial charge in [-0.2, -0.15) is 0 Å². The summed E-state index contributed by atoms with van der Waals surface area (Å²) in [5, 5.41) is 15.2. The summed E-state index contributed by atoms with van der Waals surface area (Å²) in [6, 6.07) is 6.81. The molecule has 0 bridgehead atoms. The van der Waals surface area contributed by atoms with Gasteiger partial charge in [0, 0.05) is 23.5 Å². The Morgan fingerprint density at radius 3 is 2.72 bits per heavy atom. The van der Waals surface area contributed by atoms with Crippen LogP contribution >= 0.6 is 0 Å². The largest absolute Gasteiger partial charge is 0.493 e. The molecule has 0 aliphatic heterocycles. The van der Waals surface area contributed by atoms with Crippen molar-refractivity contribution in [1.82, 2.24) is 10.3 Å². The van der Waals surface area contributed by atoms with Gasteiger partial charge in [-0.3, -0.25) is 9.78 Å². The number of carbonyl (C=O) groups is 2. The van der Waals surface area contributed by atoms with Crippen molar-refractivity contribution in [2.45, 2.75) is 39.2 Å². The number of amides is 2. The van der Waals surface area contributed by atoms with E-state index in [4.69, 9.17) is 9.84 Å². The van der Waals surface area contributed by atoms with Gasteiger partial charge in [-0.15, -0.1) is 0 Å². The SMILES string of the molecule is CCOc1ccc(NC(=O)NC(C)(C)CCC(=O)O)c2ncccc12. The fourth-order valence-electron chi connectivity index (χ4n) is 2.47. The number of pyridine rings is 1. The van der Waals surface area contributed by atoms with E-state index in [1.807, 2.05) is 19.1 Å². The summed E-state index contributed by atoms with van der Waals surface area (Å²) in [5.41, 5.74) is 0.550. The Kier molecular flexibility index (Phi) is 5.80. The minimum Gasteiger partial charge on any atom is -0.493 e. The van der Waals surface area contributed by atoms with E-state index in [-0.39, 0.29) is 6.42 Å². The van der Waals surface area contributed by atoms with Crippen molar-refractivity contribution in [3.63, 3.8) is 0 Å². The van der Waals surface area contributed by atoms with Crippen LogP contribution in [0.15, 0.2) is 30.5 Å². The van der Waals surface area contributed by atoms with Crippen LogP contribution in [0.3, 0.4) is 0 Å². The first-order valence-electron chi connectivity index (χ1n) is 8.14. The van der Waals surface area contributed by atoms with Gasteiger partial charge in [0.1, 0.15) is 5.75 Å². The Morgan fingerprint density at radius 2 is 2.04 bits per heavy atom. The first kappa shape index (κ1) is 18.5. The lowest BCUT2D eigenvalue weighted by Crippen LogP contribution is -2.45. The lowest BCUT2D eigenvalue weighted by Gasteiger charge is -2.25. The third-order valence-corrected chi connectivity index (χ3v) is 3.69. The topological polar surface area (TPSA) is 101 Å². The Balaban J connectivity index is 2.16. The minimum absolute atomic E-state index is 0.0131. The standard InChI is InChI=1S/C18H23N3O4/c1-4-25-14-8-7-13(16-12(14)6-5-11-19-16)20-17(24)21-18(2,3)10-9-15(22)23/h5-8,11H,4,9-10H2,1-3H3,(H,22,23)(H2,20,21,24). The number of anilines is 1. The fourth-order valence-corrected chi connectivity index (χ4v) is 2.47. The van der Waals surface area contributed by atoms with E-state index in [1.54, 1.807) is 32.2 Å². The number of rotatable bonds is 7. The normalized spacial score (nSPS) is 11.2. The summed E-state index contributed by atoms with van der Waals surface area (Å²) < 4.78 is 5.59. The molecule has 3 N–H and O–H groups in total. The highest BCUT2D eigenvalue weighted by Gasteiger charge is 2.22. The van der Waals surface area contributed by atoms with E-state index >= 15 is 0 Å². The molecule has 0 spiro atoms. The Hall–Kier alpha value is -2.83. The molecule has 1 heterocycles. The number of nitrogens with zero attached hydrogens (tertiary/aromatic N) is 1. The zero-order valence-electron chi connectivity index (χ0n) is 14.6. The number of benzene rings is 1. The maximum Gasteiger partial charge on any atom is 0.319 e. The van der Waals surface area contributed by atoms with Crippen LogP contribution in [-0.2, 0) is 4.79 Å². The van der Waals surface area contributed by atoms with Gasteiger partial charge < -0.3 is 20.5 Å². The van der Waals surface area contributed by atoms with Crippen molar-refractivity contribution in [3.05, 3.63) is 30.5 Å². The first-order chi connectivity index (χ1) is 11.8. The summed E-state index contributed by atoms with van der Waals surface area (Å²) >= 11 is 0. The number of carboxylic acid groups (broad SMARTS) is 1. The predicted octanol–water partition coefficient (Wildman–Crippen LogP) is 3.40. The maximum absolute atomic E-state index is 12.3. The smallest absolute Gasteiger partial charge is 0.319 e. The van der Waals surface area contributed by atoms with Gasteiger partial charge in [-0.05, 0) is 51.5 Å². The molecule has 0 aliphatic rings. The van der Waals surface area contributed by atoms with Gasteiger partial charge in [0.2, 0.25) is 0 Å². The highest BCUT2D eigenvalue weighted by atomic mass is 16.5. The molecule has 1 aromatic carbocycles. The Labute approximate surface area is 146 Å². The molecule has 7 heteroatoms. The molecule has 7 nitrogen and oxygen atoms in total. The second kappa shape index (κ2) is 7.83. The van der Waals surface area contributed by atoms with Gasteiger partial charge in [-0.1, -0.05) is 0 Å². The zero-order chi connectivity index (χ0) is 18.4. The van der Waals surface area contributed by atoms with E-state index in [0.717, 1.165) is 5.39 Å². The van der Waals surface area contributed by atoms with Crippen LogP contribution < -0.4 is 15.4 Å². The number of aliphatic carboxylic acids is 1. The molecule has 0 saturated carbocycles. The Morgan fingerprint density at radius 1 is 1.28 bits per heavy atom. The molecule has 1 aromatic heterocycles. The first-order valence-corrected chi connectivity index (χ1v) is 8.14. The van der Waals surface area contributed by atoms with Crippen LogP contribution in [0.4, 0.5) is 10.5 Å². The summed E-state index contributed by atoms with van der Waals surface area (Å²) in [7, 11) is 0. The van der Waals surface area contributed by atoms with E-state index in [9.17, 15) is 9.59 Å². The number of hydrogen-bond donors (Lipinski definition) is 3. The number of urea groups is 1. The molecular formula is C18H23N3O4. The van der Waals surface area contributed by atoms with Crippen molar-refractivity contribution in [1.29, 1.82) is 0 Å². The third kappa shape index (κ3) is 5.07. The maximum atomic E-state index is 12.3. The summed E-state index contributed by atoms with van der Waals surface area (Å²) in [6.07, 6.45) is 1.97. The highest BCUT2D eigenvalue weighted by molar-refractivity contribution is 6.01. The van der Waals surface area contributed by atoms with Crippen molar-refractivity contribution < 1.29 is 19.4 Å². The number of ether oxygens (including phenoxy) is 1. The fraction of sp³-hybridized carbons (Fsp3) is 0.389. The highest BCUT2D eigenvalue weighted by Crippen LogP contribution is 2.30. The summed E-state index contributed by atoms with van der Waals surface area (Å²) in [4.78, 5) is 27.3. The number of carbonyl (C=O) groups excluding carboxylic acids is 1. The lowest BCUT2D eigenvalue weighted by atomic mass is 9.99. The van der Waals surface area contributed by atoms with Crippen molar-refractivity contribution in [3.8, 4) is 5.75 Å². The molecule has 0 radical (unpaired) electrons. The van der Waals surface area contributed by atoms with Crippen LogP contribution in [0.5, 0.6) is 5.75 Å². The van der Waals surface area contributed by atoms with Gasteiger partial charge in [0.15, 0.2) is 0 Å². The monoisotopic (exact) mass is 345 g/mol. The number of fused-ring (bicyclic) bond motifs is 1. The van der Waals surface area contributed by atoms with Crippen LogP contribution in [0.1, 0.15) is 33.6 Å². The molecular weight excluding hydrogens is 322 g/mol. The molecule has 0 aliphatic carbocycles. The van der Waals surface area contributed by atoms with Gasteiger partial charge in [-0.25, -0.2) is 4.79 Å². The average Bonchev–Trinajstić information content (AvgIpc) is 2.55. The van der Waals surface area contributed by atoms with Gasteiger partial charge >= 0.3 is 12.0 Å². The molecule has 0 saturated heterocycles. The third-order valence-electron chi connectivity index (χ3n) is 3.69. The molecule has 0 atom stereocenters. The number of aromatic nitrogens is 1. The van der Waals surface area contributed by atoms with Crippen LogP contribution in [0.25, 0.3) is 10.9 Å². The second-order valence-corrected chi connectivity index (χ2v) is 6.30. The molecule has 2 amide bonds. The number of carboxylic acids is 1. The molecule has 2 aromatic rings. The molecule has 0 unspecified atom stereocenters. The zero-order valence-corrected chi connectivity index (χ0v) is 14.6. The number of nitrogens with one attached hydrogen (secondary N) is 2. The van der Waals surface area contributed by atoms with E-state index < -0.39 is 17.5 Å². The molecule has 134 valence electrons. The summed E-state index contributed by atoms with van der Waals surface area (Å²) in [5.74, 6) is -0.185. The number of hydrogen-bond acceptors (Lipinski definition) is 4. The van der Waals surface area contributed by atoms with Crippen molar-refractivity contribution in [2.75, 3.05) is 11.9 Å². The van der Waals surface area contributed by atoms with E-state index in [2.05, 4.69) is 15.6 Å². The molecule has 0 fully saturated rings. The molecule has 25 heavy (non-hydrogen) atoms. The van der Waals surface area contributed by atoms with Crippen LogP contribution in [0, 0.1) is 0 Å².